The molecule has 2 aliphatic heterocycles. The maximum atomic E-state index is 12.4. The summed E-state index contributed by atoms with van der Waals surface area (Å²) in [7, 11) is 0. The molecule has 5 nitrogen and oxygen atoms in total. The molecule has 4 rings (SSSR count). The summed E-state index contributed by atoms with van der Waals surface area (Å²) in [6, 6.07) is 16.3. The van der Waals surface area contributed by atoms with Gasteiger partial charge in [0.25, 0.3) is 0 Å². The van der Waals surface area contributed by atoms with E-state index in [1.165, 1.54) is 31.5 Å². The Morgan fingerprint density at radius 3 is 2.23 bits per heavy atom. The summed E-state index contributed by atoms with van der Waals surface area (Å²) in [6.45, 7) is 7.06. The molecule has 0 saturated carbocycles. The van der Waals surface area contributed by atoms with Gasteiger partial charge in [0.2, 0.25) is 11.8 Å². The Morgan fingerprint density at radius 2 is 1.58 bits per heavy atom. The largest absolute Gasteiger partial charge is 0.352 e. The fourth-order valence-corrected chi connectivity index (χ4v) is 4.40. The Balaban J connectivity index is 1.22. The maximum absolute atomic E-state index is 12.4. The molecule has 2 aromatic carbocycles. The molecule has 0 radical (unpaired) electrons. The van der Waals surface area contributed by atoms with E-state index in [0.717, 1.165) is 42.2 Å². The van der Waals surface area contributed by atoms with Crippen molar-refractivity contribution in [3.8, 4) is 0 Å². The Morgan fingerprint density at radius 1 is 0.935 bits per heavy atom. The third-order valence-electron chi connectivity index (χ3n) is 6.48. The van der Waals surface area contributed by atoms with Crippen molar-refractivity contribution >= 4 is 17.5 Å². The summed E-state index contributed by atoms with van der Waals surface area (Å²) >= 11 is 0. The van der Waals surface area contributed by atoms with Gasteiger partial charge in [-0.15, -0.1) is 0 Å². The number of nitrogens with one attached hydrogen (secondary N) is 1. The lowest BCUT2D eigenvalue weighted by Gasteiger charge is -2.30. The zero-order chi connectivity index (χ0) is 21.6. The van der Waals surface area contributed by atoms with Crippen LogP contribution in [0.25, 0.3) is 0 Å². The first-order valence-corrected chi connectivity index (χ1v) is 11.5. The monoisotopic (exact) mass is 419 g/mol. The van der Waals surface area contributed by atoms with Gasteiger partial charge in [0.15, 0.2) is 0 Å². The minimum Gasteiger partial charge on any atom is -0.352 e. The molecule has 0 aliphatic carbocycles. The van der Waals surface area contributed by atoms with Crippen LogP contribution in [0.5, 0.6) is 0 Å². The van der Waals surface area contributed by atoms with Gasteiger partial charge in [0, 0.05) is 31.7 Å². The summed E-state index contributed by atoms with van der Waals surface area (Å²) in [5.74, 6) is 1.05. The highest BCUT2D eigenvalue weighted by Crippen LogP contribution is 2.22. The predicted octanol–water partition coefficient (Wildman–Crippen LogP) is 3.90. The number of anilines is 1. The molecule has 2 amide bonds. The van der Waals surface area contributed by atoms with E-state index in [-0.39, 0.29) is 11.8 Å². The van der Waals surface area contributed by atoms with Crippen LogP contribution in [0, 0.1) is 5.92 Å². The first kappa shape index (κ1) is 21.6. The number of hydrogen-bond acceptors (Lipinski definition) is 3. The summed E-state index contributed by atoms with van der Waals surface area (Å²) in [5, 5.41) is 3.02. The van der Waals surface area contributed by atoms with E-state index in [4.69, 9.17) is 0 Å². The lowest BCUT2D eigenvalue weighted by molar-refractivity contribution is -0.120. The van der Waals surface area contributed by atoms with Gasteiger partial charge in [-0.2, -0.15) is 0 Å². The van der Waals surface area contributed by atoms with Crippen molar-refractivity contribution in [3.05, 3.63) is 65.2 Å². The number of piperidine rings is 1. The standard InChI is InChI=1S/C26H33N3O2/c1-20-12-15-28(16-13-20)19-23-6-4-22(5-7-23)18-27-25(30)17-21-8-10-24(11-9-21)29-14-2-3-26(29)31/h4-11,20H,2-3,12-19H2,1H3,(H,27,30). The first-order chi connectivity index (χ1) is 15.1. The minimum absolute atomic E-state index is 0.0107. The van der Waals surface area contributed by atoms with E-state index in [9.17, 15) is 9.59 Å². The Bertz CT molecular complexity index is 884. The molecule has 0 aromatic heterocycles. The second-order valence-corrected chi connectivity index (χ2v) is 9.04. The van der Waals surface area contributed by atoms with Crippen molar-refractivity contribution in [2.24, 2.45) is 5.92 Å². The second-order valence-electron chi connectivity index (χ2n) is 9.04. The van der Waals surface area contributed by atoms with Crippen LogP contribution in [0.1, 0.15) is 49.3 Å². The summed E-state index contributed by atoms with van der Waals surface area (Å²) in [5.41, 5.74) is 4.33. The highest BCUT2D eigenvalue weighted by atomic mass is 16.2. The Hall–Kier alpha value is -2.66. The van der Waals surface area contributed by atoms with Crippen LogP contribution in [0.4, 0.5) is 5.69 Å². The molecule has 0 bridgehead atoms. The van der Waals surface area contributed by atoms with Crippen molar-refractivity contribution in [3.63, 3.8) is 0 Å². The molecule has 1 N–H and O–H groups in total. The topological polar surface area (TPSA) is 52.7 Å². The highest BCUT2D eigenvalue weighted by Gasteiger charge is 2.21. The van der Waals surface area contributed by atoms with Gasteiger partial charge in [0.1, 0.15) is 0 Å². The molecule has 0 unspecified atom stereocenters. The quantitative estimate of drug-likeness (QED) is 0.740. The van der Waals surface area contributed by atoms with Crippen molar-refractivity contribution in [2.75, 3.05) is 24.5 Å². The highest BCUT2D eigenvalue weighted by molar-refractivity contribution is 5.95. The number of amides is 2. The third kappa shape index (κ3) is 5.95. The molecule has 2 saturated heterocycles. The van der Waals surface area contributed by atoms with Crippen LogP contribution in [-0.2, 0) is 29.1 Å². The van der Waals surface area contributed by atoms with E-state index in [0.29, 0.717) is 19.4 Å². The van der Waals surface area contributed by atoms with Gasteiger partial charge in [-0.3, -0.25) is 14.5 Å². The van der Waals surface area contributed by atoms with Crippen molar-refractivity contribution in [2.45, 2.75) is 52.1 Å². The molecule has 31 heavy (non-hydrogen) atoms. The van der Waals surface area contributed by atoms with E-state index in [1.54, 1.807) is 0 Å². The van der Waals surface area contributed by atoms with Gasteiger partial charge < -0.3 is 10.2 Å². The lowest BCUT2D eigenvalue weighted by atomic mass is 9.99. The smallest absolute Gasteiger partial charge is 0.227 e. The Labute approximate surface area is 185 Å². The molecular formula is C26H33N3O2. The van der Waals surface area contributed by atoms with Gasteiger partial charge in [0.05, 0.1) is 6.42 Å². The van der Waals surface area contributed by atoms with Crippen LogP contribution in [-0.4, -0.2) is 36.3 Å². The average molecular weight is 420 g/mol. The van der Waals surface area contributed by atoms with Crippen molar-refractivity contribution in [1.82, 2.24) is 10.2 Å². The normalized spacial score (nSPS) is 17.8. The number of carbonyl (C=O) groups excluding carboxylic acids is 2. The molecule has 164 valence electrons. The fraction of sp³-hybridized carbons (Fsp3) is 0.462. The molecular weight excluding hydrogens is 386 g/mol. The summed E-state index contributed by atoms with van der Waals surface area (Å²) in [6.07, 6.45) is 4.48. The van der Waals surface area contributed by atoms with Gasteiger partial charge in [-0.25, -0.2) is 0 Å². The molecule has 2 fully saturated rings. The Kier molecular flexibility index (Phi) is 7.03. The molecule has 2 aliphatic rings. The zero-order valence-corrected chi connectivity index (χ0v) is 18.5. The zero-order valence-electron chi connectivity index (χ0n) is 18.5. The fourth-order valence-electron chi connectivity index (χ4n) is 4.40. The minimum atomic E-state index is 0.0107. The number of hydrogen-bond donors (Lipinski definition) is 1. The van der Waals surface area contributed by atoms with Crippen molar-refractivity contribution < 1.29 is 9.59 Å². The number of rotatable bonds is 7. The molecule has 0 atom stereocenters. The van der Waals surface area contributed by atoms with Gasteiger partial charge >= 0.3 is 0 Å². The maximum Gasteiger partial charge on any atom is 0.227 e. The predicted molar refractivity (Wildman–Crippen MR) is 124 cm³/mol. The van der Waals surface area contributed by atoms with Crippen LogP contribution in [0.15, 0.2) is 48.5 Å². The number of benzene rings is 2. The SMILES string of the molecule is CC1CCN(Cc2ccc(CNC(=O)Cc3ccc(N4CCCC4=O)cc3)cc2)CC1. The van der Waals surface area contributed by atoms with Crippen LogP contribution >= 0.6 is 0 Å². The lowest BCUT2D eigenvalue weighted by Crippen LogP contribution is -2.32. The van der Waals surface area contributed by atoms with Crippen LogP contribution in [0.2, 0.25) is 0 Å². The number of carbonyl (C=O) groups is 2. The summed E-state index contributed by atoms with van der Waals surface area (Å²) < 4.78 is 0. The molecule has 2 heterocycles. The number of likely N-dealkylation sites (tertiary alicyclic amines) is 1. The van der Waals surface area contributed by atoms with E-state index in [2.05, 4.69) is 41.4 Å². The molecule has 0 spiro atoms. The van der Waals surface area contributed by atoms with Gasteiger partial charge in [-0.1, -0.05) is 43.3 Å². The van der Waals surface area contributed by atoms with Gasteiger partial charge in [-0.05, 0) is 67.1 Å². The van der Waals surface area contributed by atoms with E-state index >= 15 is 0 Å². The third-order valence-corrected chi connectivity index (χ3v) is 6.48. The average Bonchev–Trinajstić information content (AvgIpc) is 3.21. The van der Waals surface area contributed by atoms with E-state index < -0.39 is 0 Å². The van der Waals surface area contributed by atoms with E-state index in [1.807, 2.05) is 29.2 Å². The molecule has 2 aromatic rings. The second kappa shape index (κ2) is 10.1. The van der Waals surface area contributed by atoms with Crippen LogP contribution in [0.3, 0.4) is 0 Å². The van der Waals surface area contributed by atoms with Crippen molar-refractivity contribution in [1.29, 1.82) is 0 Å². The summed E-state index contributed by atoms with van der Waals surface area (Å²) in [4.78, 5) is 28.6. The first-order valence-electron chi connectivity index (χ1n) is 11.5. The molecule has 5 heteroatoms. The number of nitrogens with zero attached hydrogens (tertiary/aromatic N) is 2. The van der Waals surface area contributed by atoms with Crippen LogP contribution < -0.4 is 10.2 Å².